The van der Waals surface area contributed by atoms with Crippen molar-refractivity contribution in [2.24, 2.45) is 5.73 Å². The lowest BCUT2D eigenvalue weighted by Crippen LogP contribution is -2.32. The van der Waals surface area contributed by atoms with Crippen LogP contribution in [0.4, 0.5) is 0 Å². The van der Waals surface area contributed by atoms with E-state index < -0.39 is 0 Å². The molecule has 1 aromatic rings. The lowest BCUT2D eigenvalue weighted by atomic mass is 9.97. The second-order valence-electron chi connectivity index (χ2n) is 5.75. The van der Waals surface area contributed by atoms with Gasteiger partial charge in [0.2, 0.25) is 0 Å². The normalized spacial score (nSPS) is 13.6. The molecule has 0 fully saturated rings. The summed E-state index contributed by atoms with van der Waals surface area (Å²) in [4.78, 5) is 11.8. The molecule has 0 amide bonds. The molecule has 18 heavy (non-hydrogen) atoms. The van der Waals surface area contributed by atoms with Crippen LogP contribution in [0.2, 0.25) is 0 Å². The highest BCUT2D eigenvalue weighted by molar-refractivity contribution is 5.80. The quantitative estimate of drug-likeness (QED) is 0.810. The van der Waals surface area contributed by atoms with Gasteiger partial charge >= 0.3 is 0 Å². The molecule has 0 aliphatic carbocycles. The van der Waals surface area contributed by atoms with Crippen LogP contribution in [0, 0.1) is 0 Å². The van der Waals surface area contributed by atoms with Crippen molar-refractivity contribution in [2.75, 3.05) is 0 Å². The molecule has 4 nitrogen and oxygen atoms in total. The monoisotopic (exact) mass is 251 g/mol. The number of Topliss-reactive ketones (excluding diaryl/α,β-unsaturated/α-hetero) is 1. The summed E-state index contributed by atoms with van der Waals surface area (Å²) in [5.74, 6) is 0.211. The van der Waals surface area contributed by atoms with Gasteiger partial charge in [-0.05, 0) is 39.7 Å². The predicted octanol–water partition coefficient (Wildman–Crippen LogP) is 2.48. The summed E-state index contributed by atoms with van der Waals surface area (Å²) in [6.45, 7) is 8.13. The summed E-state index contributed by atoms with van der Waals surface area (Å²) in [6.07, 6.45) is 4.65. The largest absolute Gasteiger partial charge is 0.326 e. The minimum atomic E-state index is -0.272. The molecule has 0 aromatic carbocycles. The zero-order valence-electron chi connectivity index (χ0n) is 11.9. The fraction of sp³-hybridized carbons (Fsp3) is 0.714. The summed E-state index contributed by atoms with van der Waals surface area (Å²) < 4.78 is 1.93. The van der Waals surface area contributed by atoms with Gasteiger partial charge < -0.3 is 5.73 Å². The van der Waals surface area contributed by atoms with Crippen molar-refractivity contribution in [1.82, 2.24) is 9.78 Å². The van der Waals surface area contributed by atoms with Gasteiger partial charge in [-0.25, -0.2) is 0 Å². The van der Waals surface area contributed by atoms with Gasteiger partial charge in [0.1, 0.15) is 5.78 Å². The molecular weight excluding hydrogens is 226 g/mol. The standard InChI is InChI=1S/C14H25N3O/c1-5-11(2)17-9-7-12(16-17)10-13(18)6-8-14(3,4)15/h7,9,11H,5-6,8,10,15H2,1-4H3. The summed E-state index contributed by atoms with van der Waals surface area (Å²) in [7, 11) is 0. The number of hydrogen-bond acceptors (Lipinski definition) is 3. The van der Waals surface area contributed by atoms with E-state index in [2.05, 4.69) is 18.9 Å². The average molecular weight is 251 g/mol. The van der Waals surface area contributed by atoms with E-state index in [0.29, 0.717) is 18.9 Å². The Labute approximate surface area is 110 Å². The van der Waals surface area contributed by atoms with E-state index in [1.54, 1.807) is 0 Å². The van der Waals surface area contributed by atoms with Crippen molar-refractivity contribution < 1.29 is 4.79 Å². The molecule has 0 aliphatic rings. The van der Waals surface area contributed by atoms with Crippen LogP contribution < -0.4 is 5.73 Å². The maximum absolute atomic E-state index is 11.8. The molecule has 1 heterocycles. The van der Waals surface area contributed by atoms with Crippen molar-refractivity contribution in [3.63, 3.8) is 0 Å². The van der Waals surface area contributed by atoms with Gasteiger partial charge in [0.25, 0.3) is 0 Å². The number of carbonyl (C=O) groups excluding carboxylic acids is 1. The Kier molecular flexibility index (Phi) is 5.08. The Bertz CT molecular complexity index is 390. The molecule has 0 saturated carbocycles. The van der Waals surface area contributed by atoms with E-state index in [-0.39, 0.29) is 11.3 Å². The smallest absolute Gasteiger partial charge is 0.138 e. The third-order valence-corrected chi connectivity index (χ3v) is 3.13. The Morgan fingerprint density at radius 1 is 1.56 bits per heavy atom. The van der Waals surface area contributed by atoms with E-state index in [1.165, 1.54) is 0 Å². The molecule has 0 bridgehead atoms. The predicted molar refractivity (Wildman–Crippen MR) is 73.4 cm³/mol. The van der Waals surface area contributed by atoms with Crippen LogP contribution in [0.25, 0.3) is 0 Å². The van der Waals surface area contributed by atoms with Crippen molar-refractivity contribution >= 4 is 5.78 Å². The second kappa shape index (κ2) is 6.14. The molecule has 1 rings (SSSR count). The van der Waals surface area contributed by atoms with E-state index in [9.17, 15) is 4.79 Å². The van der Waals surface area contributed by atoms with Crippen molar-refractivity contribution in [2.45, 2.75) is 65.0 Å². The molecule has 102 valence electrons. The van der Waals surface area contributed by atoms with Gasteiger partial charge in [-0.3, -0.25) is 9.48 Å². The number of carbonyl (C=O) groups is 1. The summed E-state index contributed by atoms with van der Waals surface area (Å²) in [5, 5.41) is 4.43. The van der Waals surface area contributed by atoms with Gasteiger partial charge in [0.05, 0.1) is 12.1 Å². The number of ketones is 1. The third-order valence-electron chi connectivity index (χ3n) is 3.13. The maximum atomic E-state index is 11.8. The minimum Gasteiger partial charge on any atom is -0.326 e. The molecule has 0 saturated heterocycles. The van der Waals surface area contributed by atoms with E-state index in [4.69, 9.17) is 5.73 Å². The molecule has 0 aliphatic heterocycles. The van der Waals surface area contributed by atoms with Gasteiger partial charge in [0.15, 0.2) is 0 Å². The van der Waals surface area contributed by atoms with Gasteiger partial charge in [-0.15, -0.1) is 0 Å². The first kappa shape index (κ1) is 14.9. The highest BCUT2D eigenvalue weighted by Gasteiger charge is 2.14. The first-order valence-corrected chi connectivity index (χ1v) is 6.66. The molecule has 0 spiro atoms. The Hall–Kier alpha value is -1.16. The SMILES string of the molecule is CCC(C)n1ccc(CC(=O)CCC(C)(C)N)n1. The maximum Gasteiger partial charge on any atom is 0.138 e. The van der Waals surface area contributed by atoms with Crippen LogP contribution in [0.15, 0.2) is 12.3 Å². The molecule has 2 N–H and O–H groups in total. The topological polar surface area (TPSA) is 60.9 Å². The number of nitrogens with zero attached hydrogens (tertiary/aromatic N) is 2. The highest BCUT2D eigenvalue weighted by Crippen LogP contribution is 2.12. The molecule has 1 aromatic heterocycles. The third kappa shape index (κ3) is 5.00. The number of hydrogen-bond donors (Lipinski definition) is 1. The molecule has 0 radical (unpaired) electrons. The summed E-state index contributed by atoms with van der Waals surface area (Å²) >= 11 is 0. The van der Waals surface area contributed by atoms with E-state index in [1.807, 2.05) is 30.8 Å². The van der Waals surface area contributed by atoms with Crippen LogP contribution in [0.5, 0.6) is 0 Å². The van der Waals surface area contributed by atoms with Gasteiger partial charge in [0, 0.05) is 24.2 Å². The number of nitrogens with two attached hydrogens (primary N) is 1. The van der Waals surface area contributed by atoms with Crippen LogP contribution in [0.3, 0.4) is 0 Å². The minimum absolute atomic E-state index is 0.211. The highest BCUT2D eigenvalue weighted by atomic mass is 16.1. The van der Waals surface area contributed by atoms with Crippen LogP contribution in [-0.4, -0.2) is 21.1 Å². The van der Waals surface area contributed by atoms with Crippen molar-refractivity contribution in [1.29, 1.82) is 0 Å². The fourth-order valence-corrected chi connectivity index (χ4v) is 1.66. The Balaban J connectivity index is 2.47. The summed E-state index contributed by atoms with van der Waals surface area (Å²) in [5.41, 5.74) is 6.45. The van der Waals surface area contributed by atoms with Gasteiger partial charge in [-0.1, -0.05) is 6.92 Å². The van der Waals surface area contributed by atoms with Crippen LogP contribution >= 0.6 is 0 Å². The molecular formula is C14H25N3O. The zero-order valence-corrected chi connectivity index (χ0v) is 11.9. The fourth-order valence-electron chi connectivity index (χ4n) is 1.66. The van der Waals surface area contributed by atoms with Crippen LogP contribution in [-0.2, 0) is 11.2 Å². The van der Waals surface area contributed by atoms with Gasteiger partial charge in [-0.2, -0.15) is 5.10 Å². The first-order valence-electron chi connectivity index (χ1n) is 6.66. The zero-order chi connectivity index (χ0) is 13.8. The molecule has 1 unspecified atom stereocenters. The second-order valence-corrected chi connectivity index (χ2v) is 5.75. The van der Waals surface area contributed by atoms with E-state index in [0.717, 1.165) is 18.5 Å². The van der Waals surface area contributed by atoms with E-state index >= 15 is 0 Å². The molecule has 4 heteroatoms. The Morgan fingerprint density at radius 3 is 2.78 bits per heavy atom. The lowest BCUT2D eigenvalue weighted by Gasteiger charge is -2.17. The number of rotatable bonds is 7. The molecule has 1 atom stereocenters. The van der Waals surface area contributed by atoms with Crippen molar-refractivity contribution in [3.05, 3.63) is 18.0 Å². The lowest BCUT2D eigenvalue weighted by molar-refractivity contribution is -0.118. The van der Waals surface area contributed by atoms with Crippen LogP contribution in [0.1, 0.15) is 58.7 Å². The first-order chi connectivity index (χ1) is 8.31. The Morgan fingerprint density at radius 2 is 2.22 bits per heavy atom. The number of aromatic nitrogens is 2. The summed E-state index contributed by atoms with van der Waals surface area (Å²) in [6, 6.07) is 2.31. The average Bonchev–Trinajstić information content (AvgIpc) is 2.73. The van der Waals surface area contributed by atoms with Crippen molar-refractivity contribution in [3.8, 4) is 0 Å².